The number of halogens is 1. The Kier molecular flexibility index (Phi) is 4.07. The number of esters is 1. The topological polar surface area (TPSA) is 39.2 Å². The minimum absolute atomic E-state index is 0.209. The molecule has 0 aromatic carbocycles. The Morgan fingerprint density at radius 1 is 1.64 bits per heavy atom. The highest BCUT2D eigenvalue weighted by Gasteiger charge is 2.07. The van der Waals surface area contributed by atoms with Gasteiger partial charge < -0.3 is 4.74 Å². The number of carbonyl (C=O) groups excluding carboxylic acids is 1. The predicted molar refractivity (Wildman–Crippen MR) is 57.0 cm³/mol. The van der Waals surface area contributed by atoms with Crippen molar-refractivity contribution in [3.8, 4) is 0 Å². The normalized spacial score (nSPS) is 9.93. The van der Waals surface area contributed by atoms with Crippen molar-refractivity contribution in [3.05, 3.63) is 28.0 Å². The molecule has 0 aliphatic carbocycles. The van der Waals surface area contributed by atoms with Crippen LogP contribution in [0.3, 0.4) is 0 Å². The van der Waals surface area contributed by atoms with E-state index in [9.17, 15) is 4.79 Å². The molecule has 0 aliphatic rings. The summed E-state index contributed by atoms with van der Waals surface area (Å²) in [7, 11) is 0. The molecule has 0 N–H and O–H groups in total. The first kappa shape index (κ1) is 11.2. The summed E-state index contributed by atoms with van der Waals surface area (Å²) in [5.74, 6) is -0.209. The van der Waals surface area contributed by atoms with Gasteiger partial charge in [0.1, 0.15) is 0 Å². The van der Waals surface area contributed by atoms with Gasteiger partial charge in [0.05, 0.1) is 13.0 Å². The lowest BCUT2D eigenvalue weighted by Gasteiger charge is -2.04. The van der Waals surface area contributed by atoms with Gasteiger partial charge in [-0.3, -0.25) is 9.78 Å². The molecule has 0 radical (unpaired) electrons. The van der Waals surface area contributed by atoms with E-state index in [2.05, 4.69) is 20.9 Å². The van der Waals surface area contributed by atoms with Crippen LogP contribution < -0.4 is 0 Å². The summed E-state index contributed by atoms with van der Waals surface area (Å²) in [6, 6.07) is 1.88. The van der Waals surface area contributed by atoms with Gasteiger partial charge in [-0.05, 0) is 41.4 Å². The van der Waals surface area contributed by atoms with Crippen molar-refractivity contribution in [2.75, 3.05) is 6.61 Å². The molecule has 1 aromatic heterocycles. The highest BCUT2D eigenvalue weighted by Crippen LogP contribution is 2.16. The molecule has 0 fully saturated rings. The number of carbonyl (C=O) groups is 1. The second kappa shape index (κ2) is 5.10. The number of ether oxygens (including phenoxy) is 1. The van der Waals surface area contributed by atoms with Gasteiger partial charge >= 0.3 is 5.97 Å². The zero-order chi connectivity index (χ0) is 10.6. The SMILES string of the molecule is CCOC(=O)Cc1cc(C)ncc1Br. The van der Waals surface area contributed by atoms with E-state index < -0.39 is 0 Å². The number of rotatable bonds is 3. The fourth-order valence-corrected chi connectivity index (χ4v) is 1.46. The number of hydrogen-bond donors (Lipinski definition) is 0. The van der Waals surface area contributed by atoms with Crippen LogP contribution in [0.2, 0.25) is 0 Å². The van der Waals surface area contributed by atoms with Crippen molar-refractivity contribution in [1.29, 1.82) is 0 Å². The van der Waals surface area contributed by atoms with Crippen molar-refractivity contribution in [3.63, 3.8) is 0 Å². The molecule has 14 heavy (non-hydrogen) atoms. The molecule has 0 unspecified atom stereocenters. The average molecular weight is 258 g/mol. The third-order valence-electron chi connectivity index (χ3n) is 1.71. The molecular weight excluding hydrogens is 246 g/mol. The molecule has 0 amide bonds. The smallest absolute Gasteiger partial charge is 0.310 e. The Morgan fingerprint density at radius 3 is 3.00 bits per heavy atom. The Labute approximate surface area is 91.6 Å². The van der Waals surface area contributed by atoms with Crippen LogP contribution in [0.1, 0.15) is 18.2 Å². The third kappa shape index (κ3) is 3.10. The van der Waals surface area contributed by atoms with Gasteiger partial charge in [-0.25, -0.2) is 0 Å². The van der Waals surface area contributed by atoms with Gasteiger partial charge in [-0.2, -0.15) is 0 Å². The average Bonchev–Trinajstić information content (AvgIpc) is 2.12. The Balaban J connectivity index is 2.75. The van der Waals surface area contributed by atoms with Crippen LogP contribution in [-0.4, -0.2) is 17.6 Å². The van der Waals surface area contributed by atoms with Gasteiger partial charge in [0, 0.05) is 16.4 Å². The van der Waals surface area contributed by atoms with E-state index in [0.717, 1.165) is 15.7 Å². The minimum Gasteiger partial charge on any atom is -0.466 e. The highest BCUT2D eigenvalue weighted by molar-refractivity contribution is 9.10. The third-order valence-corrected chi connectivity index (χ3v) is 2.43. The van der Waals surface area contributed by atoms with Crippen LogP contribution >= 0.6 is 15.9 Å². The summed E-state index contributed by atoms with van der Waals surface area (Å²) in [6.07, 6.45) is 1.99. The van der Waals surface area contributed by atoms with E-state index >= 15 is 0 Å². The summed E-state index contributed by atoms with van der Waals surface area (Å²) >= 11 is 3.34. The maximum Gasteiger partial charge on any atom is 0.310 e. The largest absolute Gasteiger partial charge is 0.466 e. The summed E-state index contributed by atoms with van der Waals surface area (Å²) in [4.78, 5) is 15.3. The maximum atomic E-state index is 11.2. The number of aryl methyl sites for hydroxylation is 1. The number of aromatic nitrogens is 1. The molecule has 76 valence electrons. The molecule has 0 atom stereocenters. The summed E-state index contributed by atoms with van der Waals surface area (Å²) < 4.78 is 5.70. The van der Waals surface area contributed by atoms with Crippen LogP contribution in [0.4, 0.5) is 0 Å². The van der Waals surface area contributed by atoms with Gasteiger partial charge in [0.25, 0.3) is 0 Å². The van der Waals surface area contributed by atoms with E-state index in [-0.39, 0.29) is 12.4 Å². The van der Waals surface area contributed by atoms with Crippen LogP contribution in [0.5, 0.6) is 0 Å². The highest BCUT2D eigenvalue weighted by atomic mass is 79.9. The quantitative estimate of drug-likeness (QED) is 0.780. The van der Waals surface area contributed by atoms with Gasteiger partial charge in [0.2, 0.25) is 0 Å². The first-order chi connectivity index (χ1) is 6.63. The second-order valence-electron chi connectivity index (χ2n) is 2.90. The first-order valence-electron chi connectivity index (χ1n) is 4.40. The molecule has 0 saturated heterocycles. The molecular formula is C10H12BrNO2. The molecule has 0 saturated carbocycles. The van der Waals surface area contributed by atoms with E-state index in [4.69, 9.17) is 4.74 Å². The lowest BCUT2D eigenvalue weighted by molar-refractivity contribution is -0.142. The molecule has 1 aromatic rings. The van der Waals surface area contributed by atoms with E-state index in [1.165, 1.54) is 0 Å². The molecule has 4 heteroatoms. The lowest BCUT2D eigenvalue weighted by Crippen LogP contribution is -2.08. The van der Waals surface area contributed by atoms with Crippen molar-refractivity contribution in [1.82, 2.24) is 4.98 Å². The number of nitrogens with zero attached hydrogens (tertiary/aromatic N) is 1. The predicted octanol–water partition coefficient (Wildman–Crippen LogP) is 2.26. The number of pyridine rings is 1. The maximum absolute atomic E-state index is 11.2. The zero-order valence-electron chi connectivity index (χ0n) is 8.21. The van der Waals surface area contributed by atoms with Gasteiger partial charge in [-0.15, -0.1) is 0 Å². The summed E-state index contributed by atoms with van der Waals surface area (Å²) in [5, 5.41) is 0. The van der Waals surface area contributed by atoms with Crippen molar-refractivity contribution in [2.45, 2.75) is 20.3 Å². The lowest BCUT2D eigenvalue weighted by atomic mass is 10.2. The molecule has 0 aliphatic heterocycles. The number of hydrogen-bond acceptors (Lipinski definition) is 3. The molecule has 0 spiro atoms. The minimum atomic E-state index is -0.209. The fraction of sp³-hybridized carbons (Fsp3) is 0.400. The standard InChI is InChI=1S/C10H12BrNO2/c1-3-14-10(13)5-8-4-7(2)12-6-9(8)11/h4,6H,3,5H2,1-2H3. The summed E-state index contributed by atoms with van der Waals surface area (Å²) in [6.45, 7) is 4.10. The molecule has 0 bridgehead atoms. The van der Waals surface area contributed by atoms with E-state index in [1.807, 2.05) is 13.0 Å². The van der Waals surface area contributed by atoms with E-state index in [1.54, 1.807) is 13.1 Å². The van der Waals surface area contributed by atoms with Gasteiger partial charge in [-0.1, -0.05) is 0 Å². The Hall–Kier alpha value is -0.900. The van der Waals surface area contributed by atoms with Crippen LogP contribution in [0.15, 0.2) is 16.7 Å². The zero-order valence-corrected chi connectivity index (χ0v) is 9.80. The Bertz CT molecular complexity index is 339. The van der Waals surface area contributed by atoms with Crippen molar-refractivity contribution >= 4 is 21.9 Å². The molecule has 3 nitrogen and oxygen atoms in total. The monoisotopic (exact) mass is 257 g/mol. The first-order valence-corrected chi connectivity index (χ1v) is 5.19. The van der Waals surface area contributed by atoms with Gasteiger partial charge in [0.15, 0.2) is 0 Å². The van der Waals surface area contributed by atoms with Crippen molar-refractivity contribution < 1.29 is 9.53 Å². The van der Waals surface area contributed by atoms with Crippen LogP contribution in [0, 0.1) is 6.92 Å². The molecule has 1 rings (SSSR count). The molecule has 1 heterocycles. The second-order valence-corrected chi connectivity index (χ2v) is 3.75. The fourth-order valence-electron chi connectivity index (χ4n) is 1.10. The summed E-state index contributed by atoms with van der Waals surface area (Å²) in [5.41, 5.74) is 1.81. The van der Waals surface area contributed by atoms with Crippen LogP contribution in [0.25, 0.3) is 0 Å². The Morgan fingerprint density at radius 2 is 2.36 bits per heavy atom. The van der Waals surface area contributed by atoms with E-state index in [0.29, 0.717) is 6.61 Å². The van der Waals surface area contributed by atoms with Crippen molar-refractivity contribution in [2.24, 2.45) is 0 Å². The van der Waals surface area contributed by atoms with Crippen LogP contribution in [-0.2, 0) is 16.0 Å².